The average molecular weight is 233 g/mol. The predicted octanol–water partition coefficient (Wildman–Crippen LogP) is 2.83. The van der Waals surface area contributed by atoms with Crippen molar-refractivity contribution in [2.75, 3.05) is 5.73 Å². The molecule has 2 N–H and O–H groups in total. The summed E-state index contributed by atoms with van der Waals surface area (Å²) < 4.78 is 0. The van der Waals surface area contributed by atoms with Gasteiger partial charge in [-0.1, -0.05) is 26.0 Å². The van der Waals surface area contributed by atoms with Gasteiger partial charge in [-0.25, -0.2) is 0 Å². The van der Waals surface area contributed by atoms with Crippen molar-refractivity contribution in [3.8, 4) is 0 Å². The van der Waals surface area contributed by atoms with Gasteiger partial charge in [0.25, 0.3) is 0 Å². The molecule has 2 rings (SSSR count). The second-order valence-corrected chi connectivity index (χ2v) is 5.20. The van der Waals surface area contributed by atoms with Crippen LogP contribution in [0.2, 0.25) is 0 Å². The van der Waals surface area contributed by atoms with Crippen LogP contribution in [-0.2, 0) is 6.42 Å². The van der Waals surface area contributed by atoms with E-state index < -0.39 is 0 Å². The third-order valence-corrected chi connectivity index (χ3v) is 3.51. The normalized spacial score (nSPS) is 10.9. The lowest BCUT2D eigenvalue weighted by Crippen LogP contribution is -1.90. The maximum Gasteiger partial charge on any atom is 0.121 e. The molecular formula is C12H15N3S. The molecular weight excluding hydrogens is 218 g/mol. The van der Waals surface area contributed by atoms with E-state index in [9.17, 15) is 0 Å². The molecule has 1 heterocycles. The fourth-order valence-corrected chi connectivity index (χ4v) is 2.33. The summed E-state index contributed by atoms with van der Waals surface area (Å²) in [7, 11) is 0. The molecule has 0 amide bonds. The highest BCUT2D eigenvalue weighted by atomic mass is 32.1. The Kier molecular flexibility index (Phi) is 3.19. The summed E-state index contributed by atoms with van der Waals surface area (Å²) in [6.45, 7) is 4.26. The maximum absolute atomic E-state index is 5.73. The Hall–Kier alpha value is -1.42. The van der Waals surface area contributed by atoms with Gasteiger partial charge >= 0.3 is 0 Å². The van der Waals surface area contributed by atoms with E-state index in [1.165, 1.54) is 5.56 Å². The fourth-order valence-electron chi connectivity index (χ4n) is 1.45. The number of nitrogens with zero attached hydrogens (tertiary/aromatic N) is 2. The molecule has 0 saturated heterocycles. The van der Waals surface area contributed by atoms with E-state index in [-0.39, 0.29) is 0 Å². The van der Waals surface area contributed by atoms with E-state index in [0.717, 1.165) is 22.1 Å². The van der Waals surface area contributed by atoms with Crippen LogP contribution in [0.15, 0.2) is 24.3 Å². The summed E-state index contributed by atoms with van der Waals surface area (Å²) in [5.74, 6) is 0.451. The second-order valence-electron chi connectivity index (χ2n) is 4.11. The van der Waals surface area contributed by atoms with Gasteiger partial charge in [-0.05, 0) is 17.7 Å². The summed E-state index contributed by atoms with van der Waals surface area (Å²) in [4.78, 5) is 0. The lowest BCUT2D eigenvalue weighted by Gasteiger charge is -1.98. The van der Waals surface area contributed by atoms with Crippen molar-refractivity contribution < 1.29 is 0 Å². The van der Waals surface area contributed by atoms with Gasteiger partial charge in [0.1, 0.15) is 10.0 Å². The summed E-state index contributed by atoms with van der Waals surface area (Å²) >= 11 is 1.68. The molecule has 0 aliphatic carbocycles. The molecule has 1 aromatic carbocycles. The Labute approximate surface area is 99.3 Å². The molecule has 1 aromatic heterocycles. The van der Waals surface area contributed by atoms with E-state index >= 15 is 0 Å². The number of aromatic nitrogens is 2. The first-order chi connectivity index (χ1) is 7.65. The zero-order valence-corrected chi connectivity index (χ0v) is 10.3. The van der Waals surface area contributed by atoms with Crippen molar-refractivity contribution in [1.82, 2.24) is 10.2 Å². The number of hydrogen-bond donors (Lipinski definition) is 1. The first-order valence-electron chi connectivity index (χ1n) is 5.32. The average Bonchev–Trinajstić information content (AvgIpc) is 2.66. The molecule has 0 saturated carbocycles. The largest absolute Gasteiger partial charge is 0.399 e. The monoisotopic (exact) mass is 233 g/mol. The van der Waals surface area contributed by atoms with Crippen LogP contribution < -0.4 is 5.73 Å². The van der Waals surface area contributed by atoms with E-state index in [4.69, 9.17) is 5.73 Å². The van der Waals surface area contributed by atoms with Crippen LogP contribution in [0.4, 0.5) is 5.69 Å². The summed E-state index contributed by atoms with van der Waals surface area (Å²) in [6.07, 6.45) is 0.815. The van der Waals surface area contributed by atoms with Crippen molar-refractivity contribution in [3.05, 3.63) is 39.8 Å². The molecule has 3 nitrogen and oxygen atoms in total. The summed E-state index contributed by atoms with van der Waals surface area (Å²) in [5, 5.41) is 10.5. The predicted molar refractivity (Wildman–Crippen MR) is 67.7 cm³/mol. The molecule has 0 unspecified atom stereocenters. The highest BCUT2D eigenvalue weighted by Crippen LogP contribution is 2.21. The van der Waals surface area contributed by atoms with Gasteiger partial charge < -0.3 is 5.73 Å². The van der Waals surface area contributed by atoms with Crippen LogP contribution in [0, 0.1) is 0 Å². The molecule has 0 spiro atoms. The van der Waals surface area contributed by atoms with Crippen molar-refractivity contribution in [2.45, 2.75) is 26.2 Å². The molecule has 0 radical (unpaired) electrons. The van der Waals surface area contributed by atoms with Crippen molar-refractivity contribution in [2.24, 2.45) is 0 Å². The molecule has 2 aromatic rings. The second kappa shape index (κ2) is 4.61. The summed E-state index contributed by atoms with van der Waals surface area (Å²) in [6, 6.07) is 7.90. The molecule has 4 heteroatoms. The first kappa shape index (κ1) is 11.1. The Bertz CT molecular complexity index is 477. The molecule has 84 valence electrons. The highest BCUT2D eigenvalue weighted by Gasteiger charge is 2.08. The minimum absolute atomic E-state index is 0.451. The Morgan fingerprint density at radius 2 is 2.12 bits per heavy atom. The number of rotatable bonds is 3. The van der Waals surface area contributed by atoms with E-state index in [0.29, 0.717) is 5.92 Å². The molecule has 0 fully saturated rings. The first-order valence-corrected chi connectivity index (χ1v) is 6.13. The van der Waals surface area contributed by atoms with Crippen LogP contribution in [-0.4, -0.2) is 10.2 Å². The van der Waals surface area contributed by atoms with E-state index in [1.807, 2.05) is 18.2 Å². The molecule has 0 aliphatic rings. The topological polar surface area (TPSA) is 51.8 Å². The van der Waals surface area contributed by atoms with Crippen LogP contribution >= 0.6 is 11.3 Å². The van der Waals surface area contributed by atoms with Crippen LogP contribution in [0.1, 0.15) is 35.3 Å². The van der Waals surface area contributed by atoms with Gasteiger partial charge in [0.05, 0.1) is 0 Å². The third kappa shape index (κ3) is 2.58. The molecule has 0 atom stereocenters. The Morgan fingerprint density at radius 1 is 1.31 bits per heavy atom. The summed E-state index contributed by atoms with van der Waals surface area (Å²) in [5.41, 5.74) is 7.72. The van der Waals surface area contributed by atoms with Gasteiger partial charge in [0.15, 0.2) is 0 Å². The van der Waals surface area contributed by atoms with Gasteiger partial charge in [0, 0.05) is 18.0 Å². The number of anilines is 1. The van der Waals surface area contributed by atoms with E-state index in [1.54, 1.807) is 11.3 Å². The van der Waals surface area contributed by atoms with Crippen molar-refractivity contribution in [1.29, 1.82) is 0 Å². The maximum atomic E-state index is 5.73. The highest BCUT2D eigenvalue weighted by molar-refractivity contribution is 7.11. The van der Waals surface area contributed by atoms with Crippen LogP contribution in [0.25, 0.3) is 0 Å². The number of hydrogen-bond acceptors (Lipinski definition) is 4. The van der Waals surface area contributed by atoms with Gasteiger partial charge in [-0.15, -0.1) is 21.5 Å². The quantitative estimate of drug-likeness (QED) is 0.829. The zero-order chi connectivity index (χ0) is 11.5. The van der Waals surface area contributed by atoms with Crippen molar-refractivity contribution in [3.63, 3.8) is 0 Å². The van der Waals surface area contributed by atoms with Crippen LogP contribution in [0.5, 0.6) is 0 Å². The van der Waals surface area contributed by atoms with Crippen molar-refractivity contribution >= 4 is 17.0 Å². The smallest absolute Gasteiger partial charge is 0.121 e. The fraction of sp³-hybridized carbons (Fsp3) is 0.333. The van der Waals surface area contributed by atoms with Crippen LogP contribution in [0.3, 0.4) is 0 Å². The molecule has 16 heavy (non-hydrogen) atoms. The minimum Gasteiger partial charge on any atom is -0.399 e. The lowest BCUT2D eigenvalue weighted by atomic mass is 10.1. The third-order valence-electron chi connectivity index (χ3n) is 2.28. The molecule has 0 bridgehead atoms. The Morgan fingerprint density at radius 3 is 2.75 bits per heavy atom. The van der Waals surface area contributed by atoms with Gasteiger partial charge in [-0.3, -0.25) is 0 Å². The number of nitrogens with two attached hydrogens (primary N) is 1. The van der Waals surface area contributed by atoms with Gasteiger partial charge in [0.2, 0.25) is 0 Å². The minimum atomic E-state index is 0.451. The Balaban J connectivity index is 2.14. The zero-order valence-electron chi connectivity index (χ0n) is 9.47. The standard InChI is InChI=1S/C12H15N3S/c1-8(2)12-15-14-11(16-12)7-9-4-3-5-10(13)6-9/h3-6,8H,7,13H2,1-2H3. The number of benzene rings is 1. The molecule has 0 aliphatic heterocycles. The van der Waals surface area contributed by atoms with Gasteiger partial charge in [-0.2, -0.15) is 0 Å². The SMILES string of the molecule is CC(C)c1nnc(Cc2cccc(N)c2)s1. The number of nitrogen functional groups attached to an aromatic ring is 1. The lowest BCUT2D eigenvalue weighted by molar-refractivity contribution is 0.819. The van der Waals surface area contributed by atoms with E-state index in [2.05, 4.69) is 30.1 Å².